The number of carbonyl (C=O) groups is 3. The zero-order valence-corrected chi connectivity index (χ0v) is 10.1. The monoisotopic (exact) mass is 268 g/mol. The predicted molar refractivity (Wildman–Crippen MR) is 68.6 cm³/mol. The van der Waals surface area contributed by atoms with E-state index >= 15 is 0 Å². The summed E-state index contributed by atoms with van der Waals surface area (Å²) in [7, 11) is 0. The number of ether oxygens (including phenoxy) is 1. The molecule has 3 rings (SSSR count). The first-order chi connectivity index (χ1) is 9.58. The third-order valence-electron chi connectivity index (χ3n) is 3.10. The van der Waals surface area contributed by atoms with Crippen LogP contribution in [0.25, 0.3) is 11.1 Å². The SMILES string of the molecule is O=C1OC(=O)c2cc(-c3ccccc3)c(C(=O)O)cc21. The van der Waals surface area contributed by atoms with Crippen LogP contribution in [0.3, 0.4) is 0 Å². The largest absolute Gasteiger partial charge is 0.478 e. The van der Waals surface area contributed by atoms with Crippen molar-refractivity contribution in [2.75, 3.05) is 0 Å². The summed E-state index contributed by atoms with van der Waals surface area (Å²) in [6.07, 6.45) is 0. The van der Waals surface area contributed by atoms with Gasteiger partial charge < -0.3 is 9.84 Å². The number of cyclic esters (lactones) is 2. The highest BCUT2D eigenvalue weighted by Gasteiger charge is 2.32. The number of rotatable bonds is 2. The van der Waals surface area contributed by atoms with Gasteiger partial charge in [-0.2, -0.15) is 0 Å². The topological polar surface area (TPSA) is 80.7 Å². The molecule has 0 bridgehead atoms. The van der Waals surface area contributed by atoms with Crippen LogP contribution in [0.5, 0.6) is 0 Å². The van der Waals surface area contributed by atoms with Crippen molar-refractivity contribution >= 4 is 17.9 Å². The van der Waals surface area contributed by atoms with Gasteiger partial charge in [0.2, 0.25) is 0 Å². The van der Waals surface area contributed by atoms with Crippen molar-refractivity contribution in [3.8, 4) is 11.1 Å². The molecule has 5 nitrogen and oxygen atoms in total. The maximum absolute atomic E-state index is 11.6. The average Bonchev–Trinajstić information content (AvgIpc) is 2.73. The van der Waals surface area contributed by atoms with E-state index in [4.69, 9.17) is 0 Å². The van der Waals surface area contributed by atoms with Gasteiger partial charge in [-0.1, -0.05) is 30.3 Å². The van der Waals surface area contributed by atoms with Gasteiger partial charge in [0.25, 0.3) is 0 Å². The summed E-state index contributed by atoms with van der Waals surface area (Å²) < 4.78 is 4.49. The zero-order valence-electron chi connectivity index (χ0n) is 10.1. The minimum atomic E-state index is -1.17. The molecule has 0 radical (unpaired) electrons. The number of esters is 2. The van der Waals surface area contributed by atoms with E-state index < -0.39 is 17.9 Å². The Hall–Kier alpha value is -2.95. The average molecular weight is 268 g/mol. The van der Waals surface area contributed by atoms with Crippen LogP contribution in [0, 0.1) is 0 Å². The summed E-state index contributed by atoms with van der Waals surface area (Å²) in [6.45, 7) is 0. The van der Waals surface area contributed by atoms with Gasteiger partial charge in [0.1, 0.15) is 0 Å². The highest BCUT2D eigenvalue weighted by Crippen LogP contribution is 2.30. The van der Waals surface area contributed by atoms with E-state index in [-0.39, 0.29) is 16.7 Å². The second-order valence-electron chi connectivity index (χ2n) is 4.29. The summed E-state index contributed by atoms with van der Waals surface area (Å²) in [4.78, 5) is 34.4. The molecule has 0 aromatic heterocycles. The molecule has 98 valence electrons. The molecule has 1 heterocycles. The first kappa shape index (κ1) is 12.1. The van der Waals surface area contributed by atoms with Crippen LogP contribution < -0.4 is 0 Å². The molecular formula is C15H8O5. The van der Waals surface area contributed by atoms with E-state index in [9.17, 15) is 19.5 Å². The van der Waals surface area contributed by atoms with Crippen molar-refractivity contribution in [3.63, 3.8) is 0 Å². The smallest absolute Gasteiger partial charge is 0.346 e. The van der Waals surface area contributed by atoms with Gasteiger partial charge in [-0.3, -0.25) is 0 Å². The van der Waals surface area contributed by atoms with E-state index in [0.29, 0.717) is 11.1 Å². The highest BCUT2D eigenvalue weighted by atomic mass is 16.6. The fraction of sp³-hybridized carbons (Fsp3) is 0. The van der Waals surface area contributed by atoms with Gasteiger partial charge >= 0.3 is 17.9 Å². The molecule has 20 heavy (non-hydrogen) atoms. The van der Waals surface area contributed by atoms with Gasteiger partial charge in [-0.25, -0.2) is 14.4 Å². The molecule has 0 spiro atoms. The molecule has 0 unspecified atom stereocenters. The molecule has 5 heteroatoms. The molecule has 0 saturated heterocycles. The number of aromatic carboxylic acids is 1. The van der Waals surface area contributed by atoms with Crippen LogP contribution >= 0.6 is 0 Å². The number of carbonyl (C=O) groups excluding carboxylic acids is 2. The zero-order chi connectivity index (χ0) is 14.3. The molecule has 1 N–H and O–H groups in total. The summed E-state index contributed by atoms with van der Waals surface area (Å²) in [5.74, 6) is -2.73. The summed E-state index contributed by atoms with van der Waals surface area (Å²) >= 11 is 0. The van der Waals surface area contributed by atoms with Crippen molar-refractivity contribution in [1.29, 1.82) is 0 Å². The Kier molecular flexibility index (Phi) is 2.61. The minimum Gasteiger partial charge on any atom is -0.478 e. The fourth-order valence-corrected chi connectivity index (χ4v) is 2.17. The van der Waals surface area contributed by atoms with Gasteiger partial charge in [-0.15, -0.1) is 0 Å². The molecular weight excluding hydrogens is 260 g/mol. The van der Waals surface area contributed by atoms with Crippen LogP contribution in [0.2, 0.25) is 0 Å². The van der Waals surface area contributed by atoms with Crippen LogP contribution in [-0.2, 0) is 4.74 Å². The molecule has 1 aliphatic rings. The Morgan fingerprint density at radius 2 is 1.50 bits per heavy atom. The number of carboxylic acids is 1. The number of hydrogen-bond donors (Lipinski definition) is 1. The second kappa shape index (κ2) is 4.31. The number of hydrogen-bond acceptors (Lipinski definition) is 4. The molecule has 0 fully saturated rings. The van der Waals surface area contributed by atoms with Crippen molar-refractivity contribution in [1.82, 2.24) is 0 Å². The van der Waals surface area contributed by atoms with Crippen molar-refractivity contribution in [2.45, 2.75) is 0 Å². The molecule has 0 atom stereocenters. The van der Waals surface area contributed by atoms with Crippen molar-refractivity contribution in [2.24, 2.45) is 0 Å². The van der Waals surface area contributed by atoms with E-state index in [1.165, 1.54) is 12.1 Å². The van der Waals surface area contributed by atoms with Crippen LogP contribution in [0.4, 0.5) is 0 Å². The molecule has 1 aliphatic heterocycles. The number of fused-ring (bicyclic) bond motifs is 1. The first-order valence-electron chi connectivity index (χ1n) is 5.81. The molecule has 2 aromatic carbocycles. The lowest BCUT2D eigenvalue weighted by Gasteiger charge is -2.07. The van der Waals surface area contributed by atoms with Crippen LogP contribution in [-0.4, -0.2) is 23.0 Å². The Bertz CT molecular complexity index is 746. The lowest BCUT2D eigenvalue weighted by molar-refractivity contribution is 0.0443. The van der Waals surface area contributed by atoms with Crippen LogP contribution in [0.1, 0.15) is 31.1 Å². The lowest BCUT2D eigenvalue weighted by Crippen LogP contribution is -2.04. The second-order valence-corrected chi connectivity index (χ2v) is 4.29. The quantitative estimate of drug-likeness (QED) is 0.668. The molecule has 2 aromatic rings. The lowest BCUT2D eigenvalue weighted by atomic mass is 9.94. The molecule has 0 amide bonds. The van der Waals surface area contributed by atoms with Gasteiger partial charge in [0.15, 0.2) is 0 Å². The number of carboxylic acid groups (broad SMARTS) is 1. The molecule has 0 aliphatic carbocycles. The minimum absolute atomic E-state index is 0.00733. The Labute approximate surface area is 113 Å². The Balaban J connectivity index is 2.30. The van der Waals surface area contributed by atoms with E-state index in [0.717, 1.165) is 0 Å². The van der Waals surface area contributed by atoms with Gasteiger partial charge in [0, 0.05) is 0 Å². The van der Waals surface area contributed by atoms with Gasteiger partial charge in [0.05, 0.1) is 16.7 Å². The van der Waals surface area contributed by atoms with Crippen molar-refractivity contribution < 1.29 is 24.2 Å². The Morgan fingerprint density at radius 3 is 2.10 bits per heavy atom. The van der Waals surface area contributed by atoms with E-state index in [1.807, 2.05) is 0 Å². The normalized spacial score (nSPS) is 13.0. The third kappa shape index (κ3) is 1.76. The first-order valence-corrected chi connectivity index (χ1v) is 5.81. The maximum Gasteiger partial charge on any atom is 0.346 e. The molecule has 0 saturated carbocycles. The summed E-state index contributed by atoms with van der Waals surface area (Å²) in [5.41, 5.74) is 1.08. The standard InChI is InChI=1S/C15H8O5/c16-13(17)10-7-12-11(14(18)20-15(12)19)6-9(10)8-4-2-1-3-5-8/h1-7H,(H,16,17). The van der Waals surface area contributed by atoms with Crippen molar-refractivity contribution in [3.05, 3.63) is 59.2 Å². The Morgan fingerprint density at radius 1 is 0.900 bits per heavy atom. The highest BCUT2D eigenvalue weighted by molar-refractivity contribution is 6.16. The number of benzene rings is 2. The van der Waals surface area contributed by atoms with Gasteiger partial charge in [-0.05, 0) is 23.3 Å². The maximum atomic E-state index is 11.6. The fourth-order valence-electron chi connectivity index (χ4n) is 2.17. The summed E-state index contributed by atoms with van der Waals surface area (Å²) in [6, 6.07) is 11.4. The predicted octanol–water partition coefficient (Wildman–Crippen LogP) is 2.36. The van der Waals surface area contributed by atoms with E-state index in [2.05, 4.69) is 4.74 Å². The third-order valence-corrected chi connectivity index (χ3v) is 3.10. The van der Waals surface area contributed by atoms with E-state index in [1.54, 1.807) is 30.3 Å². The summed E-state index contributed by atoms with van der Waals surface area (Å²) in [5, 5.41) is 9.27. The van der Waals surface area contributed by atoms with Crippen LogP contribution in [0.15, 0.2) is 42.5 Å².